The molecule has 1 saturated heterocycles. The Morgan fingerprint density at radius 2 is 2.05 bits per heavy atom. The molecule has 1 aliphatic rings. The van der Waals surface area contributed by atoms with E-state index in [1.165, 1.54) is 5.56 Å². The Balaban J connectivity index is 2.28. The van der Waals surface area contributed by atoms with Crippen molar-refractivity contribution in [2.45, 2.75) is 26.3 Å². The first kappa shape index (κ1) is 15.6. The first-order valence-electron chi connectivity index (χ1n) is 7.27. The summed E-state index contributed by atoms with van der Waals surface area (Å²) in [6.07, 6.45) is 1.04. The predicted molar refractivity (Wildman–Crippen MR) is 84.5 cm³/mol. The molecular weight excluding hydrogens is 320 g/mol. The number of hydrogen-bond donors (Lipinski definition) is 2. The molecule has 1 aromatic rings. The number of rotatable bonds is 5. The molecule has 0 bridgehead atoms. The average molecular weight is 343 g/mol. The monoisotopic (exact) mass is 342 g/mol. The van der Waals surface area contributed by atoms with Crippen LogP contribution >= 0.6 is 15.9 Å². The molecule has 5 heteroatoms. The van der Waals surface area contributed by atoms with Gasteiger partial charge in [-0.2, -0.15) is 0 Å². The fourth-order valence-electron chi connectivity index (χ4n) is 2.75. The van der Waals surface area contributed by atoms with Crippen molar-refractivity contribution >= 4 is 15.9 Å². The highest BCUT2D eigenvalue weighted by molar-refractivity contribution is 9.10. The molecule has 0 aliphatic carbocycles. The summed E-state index contributed by atoms with van der Waals surface area (Å²) in [5, 5.41) is 13.4. The van der Waals surface area contributed by atoms with Gasteiger partial charge in [0.25, 0.3) is 0 Å². The number of hydrogen-bond acceptors (Lipinski definition) is 4. The van der Waals surface area contributed by atoms with E-state index in [-0.39, 0.29) is 5.75 Å². The molecule has 2 rings (SSSR count). The molecule has 1 atom stereocenters. The molecule has 4 nitrogen and oxygen atoms in total. The summed E-state index contributed by atoms with van der Waals surface area (Å²) in [6.45, 7) is 8.86. The highest BCUT2D eigenvalue weighted by Crippen LogP contribution is 2.39. The lowest BCUT2D eigenvalue weighted by atomic mass is 10.0. The van der Waals surface area contributed by atoms with Gasteiger partial charge in [-0.3, -0.25) is 4.90 Å². The van der Waals surface area contributed by atoms with Gasteiger partial charge in [-0.15, -0.1) is 0 Å². The molecule has 20 heavy (non-hydrogen) atoms. The van der Waals surface area contributed by atoms with Crippen LogP contribution in [0.15, 0.2) is 16.6 Å². The van der Waals surface area contributed by atoms with Gasteiger partial charge in [0.15, 0.2) is 11.5 Å². The molecule has 1 heterocycles. The molecule has 2 N–H and O–H groups in total. The predicted octanol–water partition coefficient (Wildman–Crippen LogP) is 2.91. The minimum absolute atomic E-state index is 0.186. The van der Waals surface area contributed by atoms with Crippen molar-refractivity contribution in [1.29, 1.82) is 0 Å². The van der Waals surface area contributed by atoms with Crippen LogP contribution in [0.2, 0.25) is 0 Å². The number of nitrogens with one attached hydrogen (secondary N) is 1. The fourth-order valence-corrected chi connectivity index (χ4v) is 3.21. The maximum atomic E-state index is 10.0. The third-order valence-corrected chi connectivity index (χ3v) is 4.32. The number of ether oxygens (including phenoxy) is 1. The van der Waals surface area contributed by atoms with E-state index in [2.05, 4.69) is 33.1 Å². The van der Waals surface area contributed by atoms with E-state index in [1.54, 1.807) is 0 Å². The van der Waals surface area contributed by atoms with Crippen LogP contribution in [-0.2, 0) is 0 Å². The molecular formula is C15H23BrN2O2. The number of aromatic hydroxyl groups is 1. The Hall–Kier alpha value is -0.780. The van der Waals surface area contributed by atoms with Crippen LogP contribution in [0.3, 0.4) is 0 Å². The van der Waals surface area contributed by atoms with Crippen molar-refractivity contribution < 1.29 is 9.84 Å². The molecule has 0 saturated carbocycles. The summed E-state index contributed by atoms with van der Waals surface area (Å²) in [7, 11) is 0. The van der Waals surface area contributed by atoms with Crippen LogP contribution in [0.5, 0.6) is 11.5 Å². The van der Waals surface area contributed by atoms with Crippen molar-refractivity contribution in [3.05, 3.63) is 22.2 Å². The number of benzene rings is 1. The highest BCUT2D eigenvalue weighted by atomic mass is 79.9. The van der Waals surface area contributed by atoms with Crippen molar-refractivity contribution in [2.75, 3.05) is 32.8 Å². The lowest BCUT2D eigenvalue weighted by Crippen LogP contribution is -2.45. The topological polar surface area (TPSA) is 44.7 Å². The Morgan fingerprint density at radius 1 is 1.35 bits per heavy atom. The van der Waals surface area contributed by atoms with Crippen LogP contribution < -0.4 is 10.1 Å². The van der Waals surface area contributed by atoms with E-state index in [0.29, 0.717) is 22.9 Å². The SMILES string of the molecule is CCOc1cc([C@H](CC)N2CCNCC2)cc(Br)c1O. The summed E-state index contributed by atoms with van der Waals surface area (Å²) < 4.78 is 6.23. The third-order valence-electron chi connectivity index (χ3n) is 3.71. The number of halogens is 1. The molecule has 0 unspecified atom stereocenters. The van der Waals surface area contributed by atoms with Gasteiger partial charge in [0.05, 0.1) is 11.1 Å². The van der Waals surface area contributed by atoms with E-state index in [1.807, 2.05) is 19.1 Å². The van der Waals surface area contributed by atoms with E-state index in [0.717, 1.165) is 32.6 Å². The zero-order chi connectivity index (χ0) is 14.5. The quantitative estimate of drug-likeness (QED) is 0.863. The lowest BCUT2D eigenvalue weighted by molar-refractivity contribution is 0.169. The van der Waals surface area contributed by atoms with Crippen molar-refractivity contribution in [1.82, 2.24) is 10.2 Å². The van der Waals surface area contributed by atoms with Gasteiger partial charge in [0.2, 0.25) is 0 Å². The van der Waals surface area contributed by atoms with Crippen molar-refractivity contribution in [2.24, 2.45) is 0 Å². The maximum absolute atomic E-state index is 10.0. The Bertz CT molecular complexity index is 448. The molecule has 0 amide bonds. The van der Waals surface area contributed by atoms with Crippen LogP contribution in [0.1, 0.15) is 31.9 Å². The van der Waals surface area contributed by atoms with Gasteiger partial charge >= 0.3 is 0 Å². The second kappa shape index (κ2) is 7.29. The second-order valence-electron chi connectivity index (χ2n) is 4.99. The van der Waals surface area contributed by atoms with Crippen LogP contribution in [-0.4, -0.2) is 42.8 Å². The van der Waals surface area contributed by atoms with Gasteiger partial charge in [-0.25, -0.2) is 0 Å². The normalized spacial score (nSPS) is 17.9. The fraction of sp³-hybridized carbons (Fsp3) is 0.600. The van der Waals surface area contributed by atoms with Crippen LogP contribution in [0.4, 0.5) is 0 Å². The van der Waals surface area contributed by atoms with E-state index >= 15 is 0 Å². The maximum Gasteiger partial charge on any atom is 0.172 e. The standard InChI is InChI=1S/C15H23BrN2O2/c1-3-13(18-7-5-17-6-8-18)11-9-12(16)15(19)14(10-11)20-4-2/h9-10,13,17,19H,3-8H2,1-2H3/t13-/m0/s1. The Morgan fingerprint density at radius 3 is 2.65 bits per heavy atom. The first-order chi connectivity index (χ1) is 9.67. The van der Waals surface area contributed by atoms with Crippen LogP contribution in [0.25, 0.3) is 0 Å². The average Bonchev–Trinajstić information content (AvgIpc) is 2.46. The second-order valence-corrected chi connectivity index (χ2v) is 5.85. The minimum atomic E-state index is 0.186. The lowest BCUT2D eigenvalue weighted by Gasteiger charge is -2.35. The molecule has 1 aliphatic heterocycles. The third kappa shape index (κ3) is 3.45. The zero-order valence-electron chi connectivity index (χ0n) is 12.2. The Kier molecular flexibility index (Phi) is 5.69. The van der Waals surface area contributed by atoms with Gasteiger partial charge in [-0.1, -0.05) is 6.92 Å². The first-order valence-corrected chi connectivity index (χ1v) is 8.06. The smallest absolute Gasteiger partial charge is 0.172 e. The summed E-state index contributed by atoms with van der Waals surface area (Å²) in [5.41, 5.74) is 1.20. The molecule has 0 radical (unpaired) electrons. The van der Waals surface area contributed by atoms with Crippen LogP contribution in [0, 0.1) is 0 Å². The van der Waals surface area contributed by atoms with Gasteiger partial charge in [0.1, 0.15) is 0 Å². The van der Waals surface area contributed by atoms with Gasteiger partial charge in [-0.05, 0) is 47.0 Å². The molecule has 112 valence electrons. The van der Waals surface area contributed by atoms with Gasteiger partial charge < -0.3 is 15.2 Å². The Labute approximate surface area is 129 Å². The van der Waals surface area contributed by atoms with E-state index in [9.17, 15) is 5.11 Å². The molecule has 0 spiro atoms. The summed E-state index contributed by atoms with van der Waals surface area (Å²) >= 11 is 3.43. The number of phenols is 1. The van der Waals surface area contributed by atoms with Crippen molar-refractivity contribution in [3.8, 4) is 11.5 Å². The number of nitrogens with zero attached hydrogens (tertiary/aromatic N) is 1. The summed E-state index contributed by atoms with van der Waals surface area (Å²) in [4.78, 5) is 2.49. The van der Waals surface area contributed by atoms with E-state index < -0.39 is 0 Å². The van der Waals surface area contributed by atoms with E-state index in [4.69, 9.17) is 4.74 Å². The minimum Gasteiger partial charge on any atom is -0.503 e. The molecule has 1 aromatic carbocycles. The van der Waals surface area contributed by atoms with Gasteiger partial charge in [0, 0.05) is 32.2 Å². The zero-order valence-corrected chi connectivity index (χ0v) is 13.7. The highest BCUT2D eigenvalue weighted by Gasteiger charge is 2.22. The van der Waals surface area contributed by atoms with Crippen molar-refractivity contribution in [3.63, 3.8) is 0 Å². The summed E-state index contributed by atoms with van der Waals surface area (Å²) in [6, 6.07) is 4.35. The largest absolute Gasteiger partial charge is 0.503 e. The number of piperazine rings is 1. The molecule has 1 fully saturated rings. The number of phenolic OH excluding ortho intramolecular Hbond substituents is 1. The summed E-state index contributed by atoms with van der Waals surface area (Å²) in [5.74, 6) is 0.747. The molecule has 0 aromatic heterocycles.